The lowest BCUT2D eigenvalue weighted by Gasteiger charge is -2.16. The zero-order valence-electron chi connectivity index (χ0n) is 11.1. The Morgan fingerprint density at radius 3 is 2.63 bits per heavy atom. The van der Waals surface area contributed by atoms with Crippen molar-refractivity contribution in [2.75, 3.05) is 18.4 Å². The van der Waals surface area contributed by atoms with Crippen LogP contribution in [0.5, 0.6) is 0 Å². The van der Waals surface area contributed by atoms with Gasteiger partial charge in [0.2, 0.25) is 0 Å². The highest BCUT2D eigenvalue weighted by Gasteiger charge is 2.10. The molecule has 0 spiro atoms. The summed E-state index contributed by atoms with van der Waals surface area (Å²) in [5.41, 5.74) is 0. The summed E-state index contributed by atoms with van der Waals surface area (Å²) in [6.07, 6.45) is 9.85. The van der Waals surface area contributed by atoms with E-state index in [9.17, 15) is 0 Å². The number of anilines is 1. The topological polar surface area (TPSA) is 37.0 Å². The second-order valence-corrected chi connectivity index (χ2v) is 6.34. The van der Waals surface area contributed by atoms with Gasteiger partial charge in [-0.25, -0.2) is 4.98 Å². The lowest BCUT2D eigenvalue weighted by Crippen LogP contribution is -2.32. The van der Waals surface area contributed by atoms with E-state index < -0.39 is 0 Å². The van der Waals surface area contributed by atoms with E-state index in [1.807, 2.05) is 6.07 Å². The van der Waals surface area contributed by atoms with Gasteiger partial charge in [0.15, 0.2) is 0 Å². The van der Waals surface area contributed by atoms with Crippen molar-refractivity contribution in [1.82, 2.24) is 10.3 Å². The molecule has 0 unspecified atom stereocenters. The first kappa shape index (κ1) is 15.1. The molecule has 0 bridgehead atoms. The van der Waals surface area contributed by atoms with Crippen LogP contribution in [0.3, 0.4) is 0 Å². The first-order chi connectivity index (χ1) is 9.25. The predicted octanol–water partition coefficient (Wildman–Crippen LogP) is 4.22. The summed E-state index contributed by atoms with van der Waals surface area (Å²) in [7, 11) is 0. The highest BCUT2D eigenvalue weighted by atomic mass is 79.9. The van der Waals surface area contributed by atoms with Crippen molar-refractivity contribution in [2.24, 2.45) is 0 Å². The maximum absolute atomic E-state index is 5.86. The summed E-state index contributed by atoms with van der Waals surface area (Å²) in [5, 5.41) is 7.59. The standard InChI is InChI=1S/C14H21BrClN3/c15-13-9-11(16)10-19-14(13)18-8-7-17-12-5-3-1-2-4-6-12/h9-10,12,17H,1-8H2,(H,18,19). The van der Waals surface area contributed by atoms with E-state index in [1.165, 1.54) is 38.5 Å². The summed E-state index contributed by atoms with van der Waals surface area (Å²) in [6.45, 7) is 1.85. The van der Waals surface area contributed by atoms with Crippen LogP contribution in [-0.2, 0) is 0 Å². The van der Waals surface area contributed by atoms with Crippen LogP contribution in [0.1, 0.15) is 38.5 Å². The number of pyridine rings is 1. The molecule has 0 aromatic carbocycles. The molecule has 1 aromatic rings. The molecule has 2 rings (SSSR count). The number of rotatable bonds is 5. The fourth-order valence-corrected chi connectivity index (χ4v) is 3.26. The second kappa shape index (κ2) is 8.08. The summed E-state index contributed by atoms with van der Waals surface area (Å²) in [5.74, 6) is 0.854. The molecule has 0 radical (unpaired) electrons. The van der Waals surface area contributed by atoms with Crippen molar-refractivity contribution in [1.29, 1.82) is 0 Å². The Kier molecular flexibility index (Phi) is 6.41. The van der Waals surface area contributed by atoms with Crippen molar-refractivity contribution in [3.63, 3.8) is 0 Å². The SMILES string of the molecule is Clc1cnc(NCCNC2CCCCCC2)c(Br)c1. The number of aromatic nitrogens is 1. The maximum Gasteiger partial charge on any atom is 0.140 e. The minimum Gasteiger partial charge on any atom is -0.368 e. The van der Waals surface area contributed by atoms with Crippen molar-refractivity contribution >= 4 is 33.3 Å². The third-order valence-electron chi connectivity index (χ3n) is 3.51. The van der Waals surface area contributed by atoms with E-state index in [0.717, 1.165) is 23.4 Å². The van der Waals surface area contributed by atoms with Gasteiger partial charge in [-0.3, -0.25) is 0 Å². The zero-order valence-corrected chi connectivity index (χ0v) is 13.4. The van der Waals surface area contributed by atoms with E-state index in [4.69, 9.17) is 11.6 Å². The summed E-state index contributed by atoms with van der Waals surface area (Å²) in [4.78, 5) is 4.26. The van der Waals surface area contributed by atoms with Crippen LogP contribution in [0.15, 0.2) is 16.7 Å². The van der Waals surface area contributed by atoms with Crippen molar-refractivity contribution in [3.8, 4) is 0 Å². The number of hydrogen-bond donors (Lipinski definition) is 2. The lowest BCUT2D eigenvalue weighted by molar-refractivity contribution is 0.468. The molecular weight excluding hydrogens is 326 g/mol. The van der Waals surface area contributed by atoms with Crippen LogP contribution in [-0.4, -0.2) is 24.1 Å². The lowest BCUT2D eigenvalue weighted by atomic mass is 10.1. The average molecular weight is 347 g/mol. The van der Waals surface area contributed by atoms with Crippen molar-refractivity contribution in [2.45, 2.75) is 44.6 Å². The summed E-state index contributed by atoms with van der Waals surface area (Å²) < 4.78 is 0.912. The number of hydrogen-bond acceptors (Lipinski definition) is 3. The Morgan fingerprint density at radius 2 is 1.95 bits per heavy atom. The zero-order chi connectivity index (χ0) is 13.5. The number of nitrogens with one attached hydrogen (secondary N) is 2. The first-order valence-electron chi connectivity index (χ1n) is 7.04. The number of halogens is 2. The molecule has 1 saturated carbocycles. The molecule has 1 aliphatic carbocycles. The molecule has 2 N–H and O–H groups in total. The number of nitrogens with zero attached hydrogens (tertiary/aromatic N) is 1. The Balaban J connectivity index is 1.68. The van der Waals surface area contributed by atoms with Crippen molar-refractivity contribution < 1.29 is 0 Å². The van der Waals surface area contributed by atoms with E-state index in [0.29, 0.717) is 11.1 Å². The highest BCUT2D eigenvalue weighted by Crippen LogP contribution is 2.22. The van der Waals surface area contributed by atoms with Crippen molar-refractivity contribution in [3.05, 3.63) is 21.8 Å². The minimum atomic E-state index is 0.647. The molecule has 5 heteroatoms. The Bertz CT molecular complexity index is 392. The molecule has 0 atom stereocenters. The van der Waals surface area contributed by atoms with E-state index in [-0.39, 0.29) is 0 Å². The van der Waals surface area contributed by atoms with Gasteiger partial charge in [-0.05, 0) is 34.8 Å². The third-order valence-corrected chi connectivity index (χ3v) is 4.32. The molecule has 1 aromatic heterocycles. The summed E-state index contributed by atoms with van der Waals surface area (Å²) >= 11 is 9.32. The quantitative estimate of drug-likeness (QED) is 0.619. The van der Waals surface area contributed by atoms with E-state index in [1.54, 1.807) is 6.20 Å². The van der Waals surface area contributed by atoms with Crippen LogP contribution in [0.25, 0.3) is 0 Å². The predicted molar refractivity (Wildman–Crippen MR) is 84.9 cm³/mol. The molecule has 1 aliphatic rings. The first-order valence-corrected chi connectivity index (χ1v) is 8.21. The largest absolute Gasteiger partial charge is 0.368 e. The van der Waals surface area contributed by atoms with Crippen LogP contribution in [0.2, 0.25) is 5.02 Å². The van der Waals surface area contributed by atoms with Gasteiger partial charge in [-0.2, -0.15) is 0 Å². The fraction of sp³-hybridized carbons (Fsp3) is 0.643. The Labute approximate surface area is 128 Å². The van der Waals surface area contributed by atoms with Crippen LogP contribution < -0.4 is 10.6 Å². The van der Waals surface area contributed by atoms with Crippen LogP contribution in [0, 0.1) is 0 Å². The average Bonchev–Trinajstić information content (AvgIpc) is 2.65. The smallest absolute Gasteiger partial charge is 0.140 e. The Morgan fingerprint density at radius 1 is 1.21 bits per heavy atom. The van der Waals surface area contributed by atoms with Crippen LogP contribution >= 0.6 is 27.5 Å². The third kappa shape index (κ3) is 5.28. The second-order valence-electron chi connectivity index (χ2n) is 5.05. The molecule has 1 heterocycles. The molecule has 0 saturated heterocycles. The monoisotopic (exact) mass is 345 g/mol. The summed E-state index contributed by atoms with van der Waals surface area (Å²) in [6, 6.07) is 2.56. The van der Waals surface area contributed by atoms with Gasteiger partial charge in [0.1, 0.15) is 5.82 Å². The van der Waals surface area contributed by atoms with Gasteiger partial charge in [-0.15, -0.1) is 0 Å². The highest BCUT2D eigenvalue weighted by molar-refractivity contribution is 9.10. The normalized spacial score (nSPS) is 17.2. The van der Waals surface area contributed by atoms with Gasteiger partial charge in [0.05, 0.1) is 9.50 Å². The van der Waals surface area contributed by atoms with Gasteiger partial charge in [0.25, 0.3) is 0 Å². The van der Waals surface area contributed by atoms with E-state index in [2.05, 4.69) is 31.5 Å². The van der Waals surface area contributed by atoms with Crippen LogP contribution in [0.4, 0.5) is 5.82 Å². The molecular formula is C14H21BrClN3. The fourth-order valence-electron chi connectivity index (χ4n) is 2.49. The maximum atomic E-state index is 5.86. The van der Waals surface area contributed by atoms with Gasteiger partial charge < -0.3 is 10.6 Å². The molecule has 1 fully saturated rings. The van der Waals surface area contributed by atoms with Gasteiger partial charge >= 0.3 is 0 Å². The van der Waals surface area contributed by atoms with Gasteiger partial charge in [0, 0.05) is 25.3 Å². The van der Waals surface area contributed by atoms with E-state index >= 15 is 0 Å². The molecule has 0 aliphatic heterocycles. The molecule has 19 heavy (non-hydrogen) atoms. The molecule has 106 valence electrons. The Hall–Kier alpha value is -0.320. The molecule has 3 nitrogen and oxygen atoms in total. The minimum absolute atomic E-state index is 0.647. The molecule has 0 amide bonds. The van der Waals surface area contributed by atoms with Gasteiger partial charge in [-0.1, -0.05) is 37.3 Å².